The van der Waals surface area contributed by atoms with Gasteiger partial charge in [0.05, 0.1) is 30.8 Å². The molecule has 0 radical (unpaired) electrons. The fourth-order valence-electron chi connectivity index (χ4n) is 4.02. The number of hydrogen-bond acceptors (Lipinski definition) is 5. The molecule has 7 heteroatoms. The number of thiazole rings is 1. The van der Waals surface area contributed by atoms with Crippen molar-refractivity contribution in [3.05, 3.63) is 46.2 Å². The highest BCUT2D eigenvalue weighted by atomic mass is 32.1. The maximum atomic E-state index is 13.6. The van der Waals surface area contributed by atoms with Crippen LogP contribution in [0.25, 0.3) is 0 Å². The van der Waals surface area contributed by atoms with Crippen LogP contribution in [-0.4, -0.2) is 46.9 Å². The molecule has 1 aromatic carbocycles. The first-order valence-electron chi connectivity index (χ1n) is 8.86. The zero-order valence-electron chi connectivity index (χ0n) is 14.7. The van der Waals surface area contributed by atoms with E-state index in [1.165, 1.54) is 13.2 Å². The Morgan fingerprint density at radius 1 is 1.31 bits per heavy atom. The number of amides is 1. The van der Waals surface area contributed by atoms with Crippen molar-refractivity contribution >= 4 is 17.2 Å². The fraction of sp³-hybridized carbons (Fsp3) is 0.474. The molecule has 3 saturated heterocycles. The van der Waals surface area contributed by atoms with E-state index < -0.39 is 0 Å². The zero-order chi connectivity index (χ0) is 18.1. The minimum atomic E-state index is -0.350. The Balaban J connectivity index is 1.49. The van der Waals surface area contributed by atoms with Crippen molar-refractivity contribution in [2.75, 3.05) is 20.2 Å². The molecule has 0 unspecified atom stereocenters. The number of methoxy groups -OCH3 is 1. The van der Waals surface area contributed by atoms with Crippen LogP contribution in [0.1, 0.15) is 24.1 Å². The molecule has 2 aromatic rings. The van der Waals surface area contributed by atoms with E-state index in [2.05, 4.69) is 9.88 Å². The number of fused-ring (bicyclic) bond motifs is 4. The van der Waals surface area contributed by atoms with E-state index in [1.807, 2.05) is 15.8 Å². The van der Waals surface area contributed by atoms with E-state index in [1.54, 1.807) is 23.5 Å². The third-order valence-electron chi connectivity index (χ3n) is 5.31. The number of carbonyl (C=O) groups excluding carboxylic acids is 1. The Labute approximate surface area is 156 Å². The van der Waals surface area contributed by atoms with E-state index in [9.17, 15) is 9.18 Å². The van der Waals surface area contributed by atoms with Crippen LogP contribution < -0.4 is 4.74 Å². The van der Waals surface area contributed by atoms with E-state index in [4.69, 9.17) is 4.74 Å². The summed E-state index contributed by atoms with van der Waals surface area (Å²) in [6.07, 6.45) is 1.98. The molecule has 3 fully saturated rings. The molecule has 0 saturated carbocycles. The molecule has 3 aliphatic heterocycles. The molecule has 26 heavy (non-hydrogen) atoms. The van der Waals surface area contributed by atoms with Gasteiger partial charge >= 0.3 is 0 Å². The summed E-state index contributed by atoms with van der Waals surface area (Å²) in [5, 5.41) is 2.01. The highest BCUT2D eigenvalue weighted by molar-refractivity contribution is 7.07. The van der Waals surface area contributed by atoms with Gasteiger partial charge in [-0.1, -0.05) is 6.07 Å². The first-order valence-corrected chi connectivity index (χ1v) is 9.80. The van der Waals surface area contributed by atoms with Gasteiger partial charge in [0, 0.05) is 31.1 Å². The molecule has 0 aliphatic carbocycles. The molecule has 2 atom stereocenters. The summed E-state index contributed by atoms with van der Waals surface area (Å²) in [7, 11) is 1.48. The lowest BCUT2D eigenvalue weighted by Gasteiger charge is -2.35. The largest absolute Gasteiger partial charge is 0.494 e. The Kier molecular flexibility index (Phi) is 4.91. The van der Waals surface area contributed by atoms with Crippen LogP contribution in [0.5, 0.6) is 5.75 Å². The lowest BCUT2D eigenvalue weighted by atomic mass is 9.94. The van der Waals surface area contributed by atoms with Crippen LogP contribution >= 0.6 is 11.3 Å². The molecule has 5 nitrogen and oxygen atoms in total. The van der Waals surface area contributed by atoms with Gasteiger partial charge in [-0.2, -0.15) is 0 Å². The highest BCUT2D eigenvalue weighted by Crippen LogP contribution is 2.31. The minimum Gasteiger partial charge on any atom is -0.494 e. The lowest BCUT2D eigenvalue weighted by molar-refractivity contribution is -0.140. The number of carbonyl (C=O) groups is 1. The molecule has 1 aromatic heterocycles. The minimum absolute atomic E-state index is 0.0368. The number of nitrogens with zero attached hydrogens (tertiary/aromatic N) is 3. The standard InChI is InChI=1S/C19H22FN3O2S/c1-25-18-6-13(2-5-17(18)20)7-22-8-14-3-4-16(10-22)23(19(14)24)9-15-11-26-12-21-15/h2,5-6,11-12,14,16H,3-4,7-10H2,1H3/t14-,16+/m1/s1. The average Bonchev–Trinajstić information content (AvgIpc) is 3.02. The molecule has 5 rings (SSSR count). The number of ether oxygens (including phenoxy) is 1. The van der Waals surface area contributed by atoms with E-state index in [0.717, 1.165) is 37.2 Å². The SMILES string of the molecule is COc1cc(CN2C[C@H]3CC[C@@H](C2)N(Cc2cscn2)C3=O)ccc1F. The van der Waals surface area contributed by atoms with E-state index >= 15 is 0 Å². The van der Waals surface area contributed by atoms with Crippen molar-refractivity contribution in [1.82, 2.24) is 14.8 Å². The summed E-state index contributed by atoms with van der Waals surface area (Å²) < 4.78 is 18.7. The first-order chi connectivity index (χ1) is 12.6. The maximum absolute atomic E-state index is 13.6. The Morgan fingerprint density at radius 2 is 2.19 bits per heavy atom. The van der Waals surface area contributed by atoms with Gasteiger partial charge in [0.1, 0.15) is 0 Å². The van der Waals surface area contributed by atoms with Crippen LogP contribution in [0, 0.1) is 11.7 Å². The third kappa shape index (κ3) is 3.46. The second-order valence-corrected chi connectivity index (χ2v) is 7.76. The molecule has 4 heterocycles. The van der Waals surface area contributed by atoms with Crippen molar-refractivity contribution in [3.63, 3.8) is 0 Å². The fourth-order valence-corrected chi connectivity index (χ4v) is 4.57. The monoisotopic (exact) mass is 375 g/mol. The van der Waals surface area contributed by atoms with Gasteiger partial charge < -0.3 is 9.64 Å². The normalized spacial score (nSPS) is 23.3. The molecule has 1 amide bonds. The van der Waals surface area contributed by atoms with Gasteiger partial charge in [-0.15, -0.1) is 11.3 Å². The van der Waals surface area contributed by atoms with E-state index in [0.29, 0.717) is 13.1 Å². The van der Waals surface area contributed by atoms with Gasteiger partial charge in [-0.05, 0) is 30.5 Å². The number of halogens is 1. The molecular weight excluding hydrogens is 353 g/mol. The second kappa shape index (κ2) is 7.32. The molecule has 3 aliphatic rings. The number of hydrogen-bond donors (Lipinski definition) is 0. The number of aromatic nitrogens is 1. The lowest BCUT2D eigenvalue weighted by Crippen LogP contribution is -2.47. The van der Waals surface area contributed by atoms with Crippen LogP contribution in [0.2, 0.25) is 0 Å². The van der Waals surface area contributed by atoms with Crippen LogP contribution in [-0.2, 0) is 17.9 Å². The first kappa shape index (κ1) is 17.4. The number of benzene rings is 1. The highest BCUT2D eigenvalue weighted by Gasteiger charge is 2.40. The molecule has 138 valence electrons. The summed E-state index contributed by atoms with van der Waals surface area (Å²) in [6.45, 7) is 2.89. The van der Waals surface area contributed by atoms with Crippen LogP contribution in [0.15, 0.2) is 29.1 Å². The van der Waals surface area contributed by atoms with E-state index in [-0.39, 0.29) is 29.4 Å². The quantitative estimate of drug-likeness (QED) is 0.806. The Morgan fingerprint density at radius 3 is 2.96 bits per heavy atom. The third-order valence-corrected chi connectivity index (χ3v) is 5.94. The Bertz CT molecular complexity index is 783. The molecule has 0 N–H and O–H groups in total. The summed E-state index contributed by atoms with van der Waals surface area (Å²) in [4.78, 5) is 21.5. The van der Waals surface area contributed by atoms with Crippen molar-refractivity contribution in [1.29, 1.82) is 0 Å². The zero-order valence-corrected chi connectivity index (χ0v) is 15.5. The summed E-state index contributed by atoms with van der Waals surface area (Å²) >= 11 is 1.56. The summed E-state index contributed by atoms with van der Waals surface area (Å²) in [5.41, 5.74) is 3.78. The van der Waals surface area contributed by atoms with Crippen molar-refractivity contribution in [2.45, 2.75) is 32.0 Å². The topological polar surface area (TPSA) is 45.7 Å². The van der Waals surface area contributed by atoms with Gasteiger partial charge in [0.25, 0.3) is 0 Å². The number of piperidine rings is 1. The van der Waals surface area contributed by atoms with Gasteiger partial charge in [-0.3, -0.25) is 9.69 Å². The average molecular weight is 375 g/mol. The van der Waals surface area contributed by atoms with Gasteiger partial charge in [0.15, 0.2) is 11.6 Å². The molecular formula is C19H22FN3O2S. The van der Waals surface area contributed by atoms with Gasteiger partial charge in [0.2, 0.25) is 5.91 Å². The maximum Gasteiger partial charge on any atom is 0.227 e. The van der Waals surface area contributed by atoms with Crippen LogP contribution in [0.4, 0.5) is 4.39 Å². The number of rotatable bonds is 5. The Hall–Kier alpha value is -1.99. The van der Waals surface area contributed by atoms with Crippen molar-refractivity contribution in [2.24, 2.45) is 5.92 Å². The summed E-state index contributed by atoms with van der Waals surface area (Å²) in [5.74, 6) is 0.196. The molecule has 0 spiro atoms. The van der Waals surface area contributed by atoms with Crippen molar-refractivity contribution in [3.8, 4) is 5.75 Å². The van der Waals surface area contributed by atoms with Gasteiger partial charge in [-0.25, -0.2) is 9.37 Å². The predicted octanol–water partition coefficient (Wildman–Crippen LogP) is 2.91. The molecule has 2 bridgehead atoms. The van der Waals surface area contributed by atoms with Crippen LogP contribution in [0.3, 0.4) is 0 Å². The smallest absolute Gasteiger partial charge is 0.227 e. The van der Waals surface area contributed by atoms with Crippen molar-refractivity contribution < 1.29 is 13.9 Å². The predicted molar refractivity (Wildman–Crippen MR) is 97.4 cm³/mol. The summed E-state index contributed by atoms with van der Waals surface area (Å²) in [6, 6.07) is 5.20. The second-order valence-electron chi connectivity index (χ2n) is 7.04.